The predicted octanol–water partition coefficient (Wildman–Crippen LogP) is 3.92. The van der Waals surface area contributed by atoms with E-state index in [1.54, 1.807) is 12.4 Å². The summed E-state index contributed by atoms with van der Waals surface area (Å²) in [6.07, 6.45) is 6.11. The topological polar surface area (TPSA) is 70.5 Å². The molecule has 1 aromatic carbocycles. The first-order valence-electron chi connectivity index (χ1n) is 10.4. The molecule has 6 heteroatoms. The van der Waals surface area contributed by atoms with Crippen LogP contribution in [0.4, 0.5) is 11.5 Å². The van der Waals surface area contributed by atoms with Crippen LogP contribution in [-0.2, 0) is 4.74 Å². The number of hydrogen-bond donors (Lipinski definition) is 2. The van der Waals surface area contributed by atoms with Crippen molar-refractivity contribution in [1.82, 2.24) is 9.97 Å². The van der Waals surface area contributed by atoms with Gasteiger partial charge in [0.25, 0.3) is 0 Å². The monoisotopic (exact) mass is 394 g/mol. The second-order valence-electron chi connectivity index (χ2n) is 8.13. The molecular formula is C23H30N4O2. The van der Waals surface area contributed by atoms with E-state index in [0.29, 0.717) is 6.61 Å². The Morgan fingerprint density at radius 1 is 1.24 bits per heavy atom. The summed E-state index contributed by atoms with van der Waals surface area (Å²) in [5, 5.41) is 14.1. The van der Waals surface area contributed by atoms with Crippen molar-refractivity contribution in [1.29, 1.82) is 0 Å². The molecule has 0 amide bonds. The fraction of sp³-hybridized carbons (Fsp3) is 0.478. The van der Waals surface area contributed by atoms with Crippen LogP contribution in [0, 0.1) is 12.8 Å². The number of aliphatic hydroxyl groups is 1. The lowest BCUT2D eigenvalue weighted by Gasteiger charge is -2.47. The molecular weight excluding hydrogens is 364 g/mol. The highest BCUT2D eigenvalue weighted by atomic mass is 16.5. The van der Waals surface area contributed by atoms with Crippen LogP contribution < -0.4 is 10.2 Å². The van der Waals surface area contributed by atoms with Crippen LogP contribution in [0.5, 0.6) is 0 Å². The lowest BCUT2D eigenvalue weighted by atomic mass is 9.81. The number of rotatable bonds is 4. The summed E-state index contributed by atoms with van der Waals surface area (Å²) in [7, 11) is 0. The van der Waals surface area contributed by atoms with Crippen molar-refractivity contribution in [2.75, 3.05) is 23.4 Å². The lowest BCUT2D eigenvalue weighted by Crippen LogP contribution is -2.50. The number of fused-ring (bicyclic) bond motifs is 1. The minimum Gasteiger partial charge on any atom is -0.377 e. The smallest absolute Gasteiger partial charge is 0.144 e. The molecule has 0 bridgehead atoms. The van der Waals surface area contributed by atoms with Gasteiger partial charge < -0.3 is 20.1 Å². The highest BCUT2D eigenvalue weighted by molar-refractivity contribution is 5.72. The third kappa shape index (κ3) is 3.87. The molecule has 1 aromatic heterocycles. The quantitative estimate of drug-likeness (QED) is 0.819. The maximum absolute atomic E-state index is 10.5. The van der Waals surface area contributed by atoms with E-state index >= 15 is 0 Å². The molecule has 0 spiro atoms. The number of benzene rings is 1. The fourth-order valence-electron chi connectivity index (χ4n) is 4.44. The zero-order valence-electron chi connectivity index (χ0n) is 17.6. The molecule has 2 unspecified atom stereocenters. The van der Waals surface area contributed by atoms with E-state index < -0.39 is 6.23 Å². The van der Waals surface area contributed by atoms with E-state index in [-0.39, 0.29) is 18.0 Å². The summed E-state index contributed by atoms with van der Waals surface area (Å²) in [4.78, 5) is 11.0. The number of ether oxygens (including phenoxy) is 1. The van der Waals surface area contributed by atoms with Gasteiger partial charge in [0.15, 0.2) is 0 Å². The Bertz CT molecular complexity index is 894. The number of nitrogens with one attached hydrogen (secondary N) is 1. The van der Waals surface area contributed by atoms with Crippen molar-refractivity contribution >= 4 is 17.1 Å². The first kappa shape index (κ1) is 19.9. The second kappa shape index (κ2) is 8.13. The molecule has 29 heavy (non-hydrogen) atoms. The number of aromatic nitrogens is 2. The molecule has 0 radical (unpaired) electrons. The lowest BCUT2D eigenvalue weighted by molar-refractivity contribution is 0.161. The van der Waals surface area contributed by atoms with Crippen LogP contribution >= 0.6 is 0 Å². The Morgan fingerprint density at radius 2 is 2.07 bits per heavy atom. The van der Waals surface area contributed by atoms with Crippen LogP contribution in [0.2, 0.25) is 0 Å². The average molecular weight is 395 g/mol. The number of hydrogen-bond acceptors (Lipinski definition) is 6. The van der Waals surface area contributed by atoms with Crippen LogP contribution in [-0.4, -0.2) is 40.6 Å². The first-order chi connectivity index (χ1) is 14.0. The summed E-state index contributed by atoms with van der Waals surface area (Å²) in [6, 6.07) is 6.82. The van der Waals surface area contributed by atoms with E-state index in [2.05, 4.69) is 58.3 Å². The van der Waals surface area contributed by atoms with Crippen molar-refractivity contribution in [3.05, 3.63) is 53.5 Å². The molecule has 2 aliphatic heterocycles. The average Bonchev–Trinajstić information content (AvgIpc) is 2.73. The molecule has 0 saturated heterocycles. The SMILES string of the molecule is Cc1cnc(NC2c3cc(C4=CCOCC4)ccc3N(C(C)O)[C@@H](C)[C@@H]2C)cn1. The van der Waals surface area contributed by atoms with Gasteiger partial charge >= 0.3 is 0 Å². The van der Waals surface area contributed by atoms with Crippen LogP contribution in [0.1, 0.15) is 50.1 Å². The first-order valence-corrected chi connectivity index (χ1v) is 10.4. The number of nitrogens with zero attached hydrogens (tertiary/aromatic N) is 3. The van der Waals surface area contributed by atoms with E-state index in [0.717, 1.165) is 30.2 Å². The second-order valence-corrected chi connectivity index (χ2v) is 8.13. The van der Waals surface area contributed by atoms with Gasteiger partial charge in [-0.05, 0) is 56.0 Å². The van der Waals surface area contributed by atoms with Crippen molar-refractivity contribution in [3.63, 3.8) is 0 Å². The van der Waals surface area contributed by atoms with Crippen LogP contribution in [0.3, 0.4) is 0 Å². The molecule has 2 aliphatic rings. The zero-order valence-corrected chi connectivity index (χ0v) is 17.6. The van der Waals surface area contributed by atoms with Crippen molar-refractivity contribution in [2.45, 2.75) is 52.4 Å². The number of aliphatic hydroxyl groups excluding tert-OH is 1. The van der Waals surface area contributed by atoms with Gasteiger partial charge in [0, 0.05) is 17.6 Å². The van der Waals surface area contributed by atoms with E-state index in [1.165, 1.54) is 16.7 Å². The van der Waals surface area contributed by atoms with E-state index in [4.69, 9.17) is 4.74 Å². The maximum Gasteiger partial charge on any atom is 0.144 e. The molecule has 2 aromatic rings. The Labute approximate surface area is 172 Å². The minimum absolute atomic E-state index is 0.0763. The Kier molecular flexibility index (Phi) is 5.56. The Balaban J connectivity index is 1.77. The summed E-state index contributed by atoms with van der Waals surface area (Å²) < 4.78 is 5.48. The molecule has 154 valence electrons. The molecule has 4 rings (SSSR count). The molecule has 2 N–H and O–H groups in total. The minimum atomic E-state index is -0.556. The predicted molar refractivity (Wildman–Crippen MR) is 116 cm³/mol. The standard InChI is InChI=1S/C23H30N4O2/c1-14-12-25-22(13-24-14)26-23-15(2)16(3)27(17(4)28)21-6-5-19(11-20(21)23)18-7-9-29-10-8-18/h5-7,11-13,15-17,23,28H,8-10H2,1-4H3,(H,25,26)/t15-,16-,17?,23?/m0/s1. The number of aryl methyl sites for hydroxylation is 1. The highest BCUT2D eigenvalue weighted by Crippen LogP contribution is 2.44. The van der Waals surface area contributed by atoms with Gasteiger partial charge in [-0.3, -0.25) is 4.98 Å². The summed E-state index contributed by atoms with van der Waals surface area (Å²) in [6.45, 7) is 9.59. The Hall–Kier alpha value is -2.44. The maximum atomic E-state index is 10.5. The third-order valence-electron chi connectivity index (χ3n) is 6.19. The molecule has 0 aliphatic carbocycles. The van der Waals surface area contributed by atoms with Crippen molar-refractivity contribution in [2.24, 2.45) is 5.92 Å². The van der Waals surface area contributed by atoms with Crippen LogP contribution in [0.15, 0.2) is 36.7 Å². The number of anilines is 2. The third-order valence-corrected chi connectivity index (χ3v) is 6.19. The van der Waals surface area contributed by atoms with Crippen molar-refractivity contribution < 1.29 is 9.84 Å². The largest absolute Gasteiger partial charge is 0.377 e. The zero-order chi connectivity index (χ0) is 20.5. The summed E-state index contributed by atoms with van der Waals surface area (Å²) in [5.74, 6) is 1.03. The van der Waals surface area contributed by atoms with Crippen molar-refractivity contribution in [3.8, 4) is 0 Å². The summed E-state index contributed by atoms with van der Waals surface area (Å²) >= 11 is 0. The van der Waals surface area contributed by atoms with Gasteiger partial charge in [-0.2, -0.15) is 0 Å². The van der Waals surface area contributed by atoms with Gasteiger partial charge in [-0.15, -0.1) is 0 Å². The van der Waals surface area contributed by atoms with E-state index in [9.17, 15) is 5.11 Å². The summed E-state index contributed by atoms with van der Waals surface area (Å²) in [5.41, 5.74) is 5.70. The molecule has 0 saturated carbocycles. The van der Waals surface area contributed by atoms with Gasteiger partial charge in [0.2, 0.25) is 0 Å². The Morgan fingerprint density at radius 3 is 2.72 bits per heavy atom. The van der Waals surface area contributed by atoms with E-state index in [1.807, 2.05) is 13.8 Å². The van der Waals surface area contributed by atoms with Gasteiger partial charge in [0.1, 0.15) is 12.0 Å². The van der Waals surface area contributed by atoms with Gasteiger partial charge in [-0.25, -0.2) is 4.98 Å². The molecule has 0 fully saturated rings. The van der Waals surface area contributed by atoms with Gasteiger partial charge in [0.05, 0.1) is 37.3 Å². The highest BCUT2D eigenvalue weighted by Gasteiger charge is 2.38. The van der Waals surface area contributed by atoms with Crippen LogP contribution in [0.25, 0.3) is 5.57 Å². The molecule has 6 nitrogen and oxygen atoms in total. The normalized spacial score (nSPS) is 25.2. The van der Waals surface area contributed by atoms with Gasteiger partial charge in [-0.1, -0.05) is 19.1 Å². The molecule has 4 atom stereocenters. The fourth-order valence-corrected chi connectivity index (χ4v) is 4.44. The molecule has 3 heterocycles.